The normalized spacial score (nSPS) is 19.2. The van der Waals surface area contributed by atoms with Crippen molar-refractivity contribution in [3.05, 3.63) is 29.8 Å². The first-order valence-corrected chi connectivity index (χ1v) is 7.08. The Kier molecular flexibility index (Phi) is 4.31. The summed E-state index contributed by atoms with van der Waals surface area (Å²) >= 11 is 2.04. The quantitative estimate of drug-likeness (QED) is 0.839. The van der Waals surface area contributed by atoms with Crippen LogP contribution in [0.4, 0.5) is 5.69 Å². The van der Waals surface area contributed by atoms with Gasteiger partial charge in [-0.15, -0.1) is 0 Å². The number of hydrogen-bond donors (Lipinski definition) is 2. The summed E-state index contributed by atoms with van der Waals surface area (Å²) in [4.78, 5) is 10.8. The van der Waals surface area contributed by atoms with Gasteiger partial charge in [0.1, 0.15) is 0 Å². The smallest absolute Gasteiger partial charge is 0.221 e. The summed E-state index contributed by atoms with van der Waals surface area (Å²) in [5.74, 6) is 3.08. The molecule has 0 spiro atoms. The van der Waals surface area contributed by atoms with E-state index in [9.17, 15) is 4.79 Å². The zero-order valence-corrected chi connectivity index (χ0v) is 10.6. The molecule has 3 nitrogen and oxygen atoms in total. The van der Waals surface area contributed by atoms with Crippen LogP contribution in [0.1, 0.15) is 12.0 Å². The van der Waals surface area contributed by atoms with E-state index >= 15 is 0 Å². The standard InChI is InChI=1S/C13H18N2OS/c14-13(16)7-10-1-3-12(4-2-10)15-8-11-5-6-17-9-11/h1-4,11,15H,5-9H2,(H2,14,16). The number of carbonyl (C=O) groups excluding carboxylic acids is 1. The Bertz CT molecular complexity index is 372. The number of amides is 1. The van der Waals surface area contributed by atoms with Crippen molar-refractivity contribution in [1.29, 1.82) is 0 Å². The molecule has 1 aliphatic rings. The summed E-state index contributed by atoms with van der Waals surface area (Å²) in [5, 5.41) is 3.44. The van der Waals surface area contributed by atoms with Gasteiger partial charge in [0.2, 0.25) is 5.91 Å². The van der Waals surface area contributed by atoms with Crippen molar-refractivity contribution in [2.75, 3.05) is 23.4 Å². The van der Waals surface area contributed by atoms with Crippen LogP contribution in [0.2, 0.25) is 0 Å². The first kappa shape index (κ1) is 12.3. The number of rotatable bonds is 5. The molecule has 2 rings (SSSR count). The molecule has 92 valence electrons. The van der Waals surface area contributed by atoms with Gasteiger partial charge in [-0.1, -0.05) is 12.1 Å². The molecule has 1 aromatic rings. The van der Waals surface area contributed by atoms with Crippen LogP contribution in [-0.2, 0) is 11.2 Å². The molecule has 17 heavy (non-hydrogen) atoms. The van der Waals surface area contributed by atoms with E-state index in [1.807, 2.05) is 36.0 Å². The fraction of sp³-hybridized carbons (Fsp3) is 0.462. The van der Waals surface area contributed by atoms with Crippen molar-refractivity contribution in [1.82, 2.24) is 0 Å². The minimum atomic E-state index is -0.284. The van der Waals surface area contributed by atoms with Crippen LogP contribution in [-0.4, -0.2) is 24.0 Å². The molecule has 1 atom stereocenters. The van der Waals surface area contributed by atoms with E-state index in [0.29, 0.717) is 6.42 Å². The Labute approximate surface area is 106 Å². The average Bonchev–Trinajstić information content (AvgIpc) is 2.80. The SMILES string of the molecule is NC(=O)Cc1ccc(NCC2CCSC2)cc1. The molecule has 1 heterocycles. The Morgan fingerprint density at radius 3 is 2.76 bits per heavy atom. The number of primary amides is 1. The van der Waals surface area contributed by atoms with Crippen LogP contribution >= 0.6 is 11.8 Å². The molecule has 0 bridgehead atoms. The van der Waals surface area contributed by atoms with E-state index < -0.39 is 0 Å². The fourth-order valence-corrected chi connectivity index (χ4v) is 3.23. The topological polar surface area (TPSA) is 55.1 Å². The van der Waals surface area contributed by atoms with Crippen molar-refractivity contribution in [2.24, 2.45) is 11.7 Å². The third-order valence-electron chi connectivity index (χ3n) is 2.95. The summed E-state index contributed by atoms with van der Waals surface area (Å²) in [6, 6.07) is 7.94. The van der Waals surface area contributed by atoms with Crippen molar-refractivity contribution in [2.45, 2.75) is 12.8 Å². The molecule has 0 aliphatic carbocycles. The lowest BCUT2D eigenvalue weighted by molar-refractivity contribution is -0.117. The molecule has 1 saturated heterocycles. The highest BCUT2D eigenvalue weighted by Crippen LogP contribution is 2.23. The minimum Gasteiger partial charge on any atom is -0.385 e. The van der Waals surface area contributed by atoms with Gasteiger partial charge < -0.3 is 11.1 Å². The summed E-state index contributed by atoms with van der Waals surface area (Å²) < 4.78 is 0. The maximum Gasteiger partial charge on any atom is 0.221 e. The molecule has 0 saturated carbocycles. The summed E-state index contributed by atoms with van der Waals surface area (Å²) in [6.45, 7) is 1.04. The van der Waals surface area contributed by atoms with E-state index in [0.717, 1.165) is 23.7 Å². The largest absolute Gasteiger partial charge is 0.385 e. The second kappa shape index (κ2) is 5.96. The van der Waals surface area contributed by atoms with Crippen molar-refractivity contribution >= 4 is 23.4 Å². The number of hydrogen-bond acceptors (Lipinski definition) is 3. The van der Waals surface area contributed by atoms with Crippen LogP contribution in [0.5, 0.6) is 0 Å². The highest BCUT2D eigenvalue weighted by molar-refractivity contribution is 7.99. The van der Waals surface area contributed by atoms with Crippen LogP contribution in [0.25, 0.3) is 0 Å². The predicted molar refractivity (Wildman–Crippen MR) is 73.3 cm³/mol. The van der Waals surface area contributed by atoms with Gasteiger partial charge in [0.15, 0.2) is 0 Å². The minimum absolute atomic E-state index is 0.284. The second-order valence-corrected chi connectivity index (χ2v) is 5.60. The monoisotopic (exact) mass is 250 g/mol. The molecule has 1 unspecified atom stereocenters. The third-order valence-corrected chi connectivity index (χ3v) is 4.18. The van der Waals surface area contributed by atoms with Crippen molar-refractivity contribution in [3.8, 4) is 0 Å². The Hall–Kier alpha value is -1.16. The van der Waals surface area contributed by atoms with Crippen molar-refractivity contribution < 1.29 is 4.79 Å². The van der Waals surface area contributed by atoms with Crippen LogP contribution < -0.4 is 11.1 Å². The first-order valence-electron chi connectivity index (χ1n) is 5.93. The van der Waals surface area contributed by atoms with Crippen LogP contribution in [0.3, 0.4) is 0 Å². The van der Waals surface area contributed by atoms with Gasteiger partial charge in [0, 0.05) is 12.2 Å². The highest BCUT2D eigenvalue weighted by Gasteiger charge is 2.14. The maximum atomic E-state index is 10.8. The van der Waals surface area contributed by atoms with E-state index in [2.05, 4.69) is 5.32 Å². The fourth-order valence-electron chi connectivity index (χ4n) is 1.95. The molecular formula is C13H18N2OS. The molecule has 1 amide bonds. The Morgan fingerprint density at radius 1 is 1.41 bits per heavy atom. The molecule has 4 heteroatoms. The zero-order chi connectivity index (χ0) is 12.1. The lowest BCUT2D eigenvalue weighted by Gasteiger charge is -2.11. The number of thioether (sulfide) groups is 1. The Balaban J connectivity index is 1.82. The lowest BCUT2D eigenvalue weighted by Crippen LogP contribution is -2.14. The molecule has 0 radical (unpaired) electrons. The van der Waals surface area contributed by atoms with Gasteiger partial charge in [-0.3, -0.25) is 4.79 Å². The number of nitrogens with two attached hydrogens (primary N) is 1. The molecule has 1 aromatic carbocycles. The second-order valence-electron chi connectivity index (χ2n) is 4.45. The van der Waals surface area contributed by atoms with Gasteiger partial charge >= 0.3 is 0 Å². The van der Waals surface area contributed by atoms with E-state index in [-0.39, 0.29) is 5.91 Å². The maximum absolute atomic E-state index is 10.8. The highest BCUT2D eigenvalue weighted by atomic mass is 32.2. The lowest BCUT2D eigenvalue weighted by atomic mass is 10.1. The molecule has 1 aliphatic heterocycles. The number of nitrogens with one attached hydrogen (secondary N) is 1. The van der Waals surface area contributed by atoms with E-state index in [1.165, 1.54) is 17.9 Å². The summed E-state index contributed by atoms with van der Waals surface area (Å²) in [5.41, 5.74) is 7.24. The van der Waals surface area contributed by atoms with Crippen LogP contribution in [0, 0.1) is 5.92 Å². The van der Waals surface area contributed by atoms with Gasteiger partial charge in [0.25, 0.3) is 0 Å². The zero-order valence-electron chi connectivity index (χ0n) is 9.82. The summed E-state index contributed by atoms with van der Waals surface area (Å²) in [7, 11) is 0. The third kappa shape index (κ3) is 3.97. The number of benzene rings is 1. The van der Waals surface area contributed by atoms with Gasteiger partial charge in [-0.25, -0.2) is 0 Å². The first-order chi connectivity index (χ1) is 8.24. The van der Waals surface area contributed by atoms with Gasteiger partial charge in [0.05, 0.1) is 6.42 Å². The van der Waals surface area contributed by atoms with E-state index in [1.54, 1.807) is 0 Å². The summed E-state index contributed by atoms with van der Waals surface area (Å²) in [6.07, 6.45) is 1.64. The van der Waals surface area contributed by atoms with Crippen molar-refractivity contribution in [3.63, 3.8) is 0 Å². The Morgan fingerprint density at radius 2 is 2.18 bits per heavy atom. The number of carbonyl (C=O) groups is 1. The van der Waals surface area contributed by atoms with E-state index in [4.69, 9.17) is 5.73 Å². The van der Waals surface area contributed by atoms with Gasteiger partial charge in [-0.05, 0) is 41.5 Å². The molecule has 1 fully saturated rings. The molecule has 0 aromatic heterocycles. The van der Waals surface area contributed by atoms with Crippen LogP contribution in [0.15, 0.2) is 24.3 Å². The van der Waals surface area contributed by atoms with Gasteiger partial charge in [-0.2, -0.15) is 11.8 Å². The predicted octanol–water partition coefficient (Wildman–Crippen LogP) is 1.88. The number of anilines is 1. The average molecular weight is 250 g/mol. The molecule has 3 N–H and O–H groups in total. The molecular weight excluding hydrogens is 232 g/mol.